The van der Waals surface area contributed by atoms with E-state index in [1.165, 1.54) is 12.1 Å². The highest BCUT2D eigenvalue weighted by molar-refractivity contribution is 5.72. The molecular formula is C33H23F11O2. The Morgan fingerprint density at radius 3 is 1.72 bits per heavy atom. The molecule has 0 saturated heterocycles. The van der Waals surface area contributed by atoms with Crippen LogP contribution in [0.4, 0.5) is 48.3 Å². The number of benzene rings is 4. The lowest BCUT2D eigenvalue weighted by Crippen LogP contribution is -2.21. The van der Waals surface area contributed by atoms with Crippen molar-refractivity contribution in [2.24, 2.45) is 0 Å². The van der Waals surface area contributed by atoms with Gasteiger partial charge in [0.1, 0.15) is 34.6 Å². The van der Waals surface area contributed by atoms with E-state index in [0.717, 1.165) is 61.4 Å². The van der Waals surface area contributed by atoms with Crippen molar-refractivity contribution >= 4 is 5.83 Å². The zero-order chi connectivity index (χ0) is 33.8. The van der Waals surface area contributed by atoms with Crippen molar-refractivity contribution in [1.29, 1.82) is 0 Å². The van der Waals surface area contributed by atoms with Crippen LogP contribution in [0, 0.1) is 23.3 Å². The molecule has 244 valence electrons. The Hall–Kier alpha value is -4.55. The first-order valence-electron chi connectivity index (χ1n) is 13.6. The molecular weight excluding hydrogens is 637 g/mol. The number of ether oxygens (including phenoxy) is 2. The van der Waals surface area contributed by atoms with Gasteiger partial charge in [0.05, 0.1) is 17.7 Å². The second kappa shape index (κ2) is 13.8. The van der Waals surface area contributed by atoms with E-state index in [4.69, 9.17) is 9.47 Å². The Labute approximate surface area is 255 Å². The molecule has 13 heteroatoms. The first-order valence-corrected chi connectivity index (χ1v) is 13.6. The summed E-state index contributed by atoms with van der Waals surface area (Å²) in [5, 5.41) is 0. The molecule has 4 aromatic rings. The molecule has 0 atom stereocenters. The summed E-state index contributed by atoms with van der Waals surface area (Å²) in [6.07, 6.45) is -7.21. The maximum Gasteiger partial charge on any atom is 0.426 e. The summed E-state index contributed by atoms with van der Waals surface area (Å²) >= 11 is 0. The van der Waals surface area contributed by atoms with E-state index in [2.05, 4.69) is 0 Å². The number of rotatable bonds is 11. The van der Waals surface area contributed by atoms with Crippen molar-refractivity contribution in [2.45, 2.75) is 38.5 Å². The molecule has 0 fully saturated rings. The minimum atomic E-state index is -5.38. The standard InChI is InChI=1S/C33H23F11O2/c1-2-3-4-13-45-31(39)30(38)19-5-9-22(10-6-19)33(43,44)46-23-11-7-18(8-12-23)20-14-24(34)28(25(35)15-20)21-16-26(36)29(27(37)17-21)32(40,41)42/h5-12,14-17H,2-4,13H2,1H3/b31-30-. The van der Waals surface area contributed by atoms with Gasteiger partial charge in [-0.05, 0) is 71.6 Å². The van der Waals surface area contributed by atoms with E-state index in [9.17, 15) is 48.3 Å². The Bertz CT molecular complexity index is 1670. The fourth-order valence-corrected chi connectivity index (χ4v) is 4.43. The van der Waals surface area contributed by atoms with Crippen molar-refractivity contribution in [2.75, 3.05) is 6.61 Å². The van der Waals surface area contributed by atoms with Gasteiger partial charge < -0.3 is 9.47 Å². The molecule has 0 aliphatic heterocycles. The fourth-order valence-electron chi connectivity index (χ4n) is 4.43. The van der Waals surface area contributed by atoms with Gasteiger partial charge in [0.2, 0.25) is 5.83 Å². The van der Waals surface area contributed by atoms with E-state index in [-0.39, 0.29) is 41.2 Å². The topological polar surface area (TPSA) is 18.5 Å². The number of alkyl halides is 5. The summed E-state index contributed by atoms with van der Waals surface area (Å²) in [6, 6.07) is 8.26. The number of halogens is 11. The molecule has 0 bridgehead atoms. The van der Waals surface area contributed by atoms with E-state index >= 15 is 0 Å². The van der Waals surface area contributed by atoms with Crippen LogP contribution in [0.25, 0.3) is 28.1 Å². The molecule has 4 aromatic carbocycles. The van der Waals surface area contributed by atoms with Crippen molar-refractivity contribution in [3.05, 3.63) is 119 Å². The average molecular weight is 661 g/mol. The van der Waals surface area contributed by atoms with Crippen molar-refractivity contribution < 1.29 is 57.8 Å². The first-order chi connectivity index (χ1) is 21.6. The van der Waals surface area contributed by atoms with Crippen LogP contribution in [0.5, 0.6) is 5.75 Å². The zero-order valence-electron chi connectivity index (χ0n) is 23.7. The zero-order valence-corrected chi connectivity index (χ0v) is 23.7. The van der Waals surface area contributed by atoms with Gasteiger partial charge in [0, 0.05) is 5.56 Å². The second-order valence-corrected chi connectivity index (χ2v) is 9.99. The summed E-state index contributed by atoms with van der Waals surface area (Å²) in [4.78, 5) is 0. The largest absolute Gasteiger partial charge is 0.469 e. The minimum absolute atomic E-state index is 0.0454. The molecule has 46 heavy (non-hydrogen) atoms. The maximum absolute atomic E-state index is 14.9. The highest BCUT2D eigenvalue weighted by atomic mass is 19.4. The van der Waals surface area contributed by atoms with Crippen molar-refractivity contribution in [3.8, 4) is 28.0 Å². The summed E-state index contributed by atoms with van der Waals surface area (Å²) in [5.41, 5.74) is -5.10. The number of hydrogen-bond donors (Lipinski definition) is 0. The van der Waals surface area contributed by atoms with Crippen molar-refractivity contribution in [1.82, 2.24) is 0 Å². The van der Waals surface area contributed by atoms with Gasteiger partial charge in [-0.2, -0.15) is 30.7 Å². The smallest absolute Gasteiger partial charge is 0.426 e. The predicted molar refractivity (Wildman–Crippen MR) is 148 cm³/mol. The van der Waals surface area contributed by atoms with Gasteiger partial charge in [-0.15, -0.1) is 0 Å². The molecule has 4 rings (SSSR count). The molecule has 0 spiro atoms. The van der Waals surface area contributed by atoms with Crippen LogP contribution >= 0.6 is 0 Å². The molecule has 0 unspecified atom stereocenters. The maximum atomic E-state index is 14.9. The van der Waals surface area contributed by atoms with Gasteiger partial charge in [0.25, 0.3) is 0 Å². The minimum Gasteiger partial charge on any atom is -0.469 e. The van der Waals surface area contributed by atoms with Gasteiger partial charge in [-0.1, -0.05) is 44.0 Å². The molecule has 2 nitrogen and oxygen atoms in total. The Morgan fingerprint density at radius 2 is 1.20 bits per heavy atom. The van der Waals surface area contributed by atoms with Crippen LogP contribution in [-0.2, 0) is 17.0 Å². The lowest BCUT2D eigenvalue weighted by molar-refractivity contribution is -0.185. The molecule has 0 amide bonds. The third-order valence-electron chi connectivity index (χ3n) is 6.71. The fraction of sp³-hybridized carbons (Fsp3) is 0.212. The van der Waals surface area contributed by atoms with Crippen LogP contribution in [-0.4, -0.2) is 6.61 Å². The quantitative estimate of drug-likeness (QED) is 0.0906. The molecule has 0 N–H and O–H groups in total. The molecule has 0 aliphatic rings. The van der Waals surface area contributed by atoms with Crippen LogP contribution in [0.15, 0.2) is 78.8 Å². The van der Waals surface area contributed by atoms with Crippen molar-refractivity contribution in [3.63, 3.8) is 0 Å². The number of unbranched alkanes of at least 4 members (excludes halogenated alkanes) is 2. The van der Waals surface area contributed by atoms with E-state index in [1.807, 2.05) is 6.92 Å². The highest BCUT2D eigenvalue weighted by Crippen LogP contribution is 2.39. The lowest BCUT2D eigenvalue weighted by atomic mass is 9.97. The molecule has 0 heterocycles. The van der Waals surface area contributed by atoms with Gasteiger partial charge in [0.15, 0.2) is 0 Å². The third-order valence-corrected chi connectivity index (χ3v) is 6.71. The molecule has 0 aliphatic carbocycles. The van der Waals surface area contributed by atoms with Crippen LogP contribution in [0.3, 0.4) is 0 Å². The van der Waals surface area contributed by atoms with E-state index < -0.39 is 69.6 Å². The Kier molecular flexibility index (Phi) is 10.3. The summed E-state index contributed by atoms with van der Waals surface area (Å²) in [6.45, 7) is 1.87. The first kappa shape index (κ1) is 34.3. The highest BCUT2D eigenvalue weighted by Gasteiger charge is 2.38. The number of hydrogen-bond acceptors (Lipinski definition) is 2. The lowest BCUT2D eigenvalue weighted by Gasteiger charge is -2.19. The molecule has 0 aromatic heterocycles. The molecule has 0 saturated carbocycles. The van der Waals surface area contributed by atoms with E-state index in [0.29, 0.717) is 6.42 Å². The third kappa shape index (κ3) is 7.80. The summed E-state index contributed by atoms with van der Waals surface area (Å²) in [7, 11) is 0. The SMILES string of the molecule is CCCCCO/C(F)=C(\F)c1ccc(C(F)(F)Oc2ccc(-c3cc(F)c(-c4cc(F)c(C(F)(F)F)c(F)c4)c(F)c3)cc2)cc1. The normalized spacial score (nSPS) is 12.6. The summed E-state index contributed by atoms with van der Waals surface area (Å²) < 4.78 is 164. The predicted octanol–water partition coefficient (Wildman–Crippen LogP) is 11.5. The second-order valence-electron chi connectivity index (χ2n) is 9.99. The summed E-state index contributed by atoms with van der Waals surface area (Å²) in [5.74, 6) is -8.59. The van der Waals surface area contributed by atoms with Crippen LogP contribution in [0.2, 0.25) is 0 Å². The van der Waals surface area contributed by atoms with Gasteiger partial charge in [-0.25, -0.2) is 17.6 Å². The average Bonchev–Trinajstić information content (AvgIpc) is 2.97. The van der Waals surface area contributed by atoms with E-state index in [1.54, 1.807) is 0 Å². The monoisotopic (exact) mass is 660 g/mol. The Morgan fingerprint density at radius 1 is 0.652 bits per heavy atom. The Balaban J connectivity index is 1.49. The van der Waals surface area contributed by atoms with Gasteiger partial charge >= 0.3 is 18.3 Å². The van der Waals surface area contributed by atoms with Gasteiger partial charge in [-0.3, -0.25) is 0 Å². The van der Waals surface area contributed by atoms with Crippen LogP contribution in [0.1, 0.15) is 42.9 Å². The van der Waals surface area contributed by atoms with Crippen LogP contribution < -0.4 is 4.74 Å². The molecule has 0 radical (unpaired) electrons.